The van der Waals surface area contributed by atoms with E-state index in [2.05, 4.69) is 15.6 Å². The Bertz CT molecular complexity index is 1160. The van der Waals surface area contributed by atoms with Crippen molar-refractivity contribution < 1.29 is 23.8 Å². The molecule has 1 atom stereocenters. The molecule has 2 N–H and O–H groups in total. The number of aromatic nitrogens is 1. The number of ether oxygens (including phenoxy) is 3. The van der Waals surface area contributed by atoms with Crippen LogP contribution in [0.15, 0.2) is 47.8 Å². The Balaban J connectivity index is 1.39. The van der Waals surface area contributed by atoms with Crippen molar-refractivity contribution in [2.45, 2.75) is 25.4 Å². The molecule has 0 bridgehead atoms. The van der Waals surface area contributed by atoms with Gasteiger partial charge in [0, 0.05) is 24.1 Å². The minimum atomic E-state index is -0.247. The van der Waals surface area contributed by atoms with Crippen LogP contribution in [0, 0.1) is 0 Å². The van der Waals surface area contributed by atoms with E-state index >= 15 is 0 Å². The Kier molecular flexibility index (Phi) is 7.76. The van der Waals surface area contributed by atoms with Gasteiger partial charge in [0.2, 0.25) is 5.91 Å². The Hall–Kier alpha value is -3.43. The fourth-order valence-electron chi connectivity index (χ4n) is 3.75. The average molecular weight is 482 g/mol. The molecule has 2 amide bonds. The SMILES string of the molecule is COc1ccc(-c2nc(CC(=O)Nc3ccccc3C(=O)NCC3CCCO3)cs2)cc1OC. The van der Waals surface area contributed by atoms with Crippen LogP contribution in [0.5, 0.6) is 11.5 Å². The number of nitrogens with one attached hydrogen (secondary N) is 2. The lowest BCUT2D eigenvalue weighted by Crippen LogP contribution is -2.32. The van der Waals surface area contributed by atoms with Gasteiger partial charge in [0.05, 0.1) is 43.7 Å². The minimum Gasteiger partial charge on any atom is -0.493 e. The first-order chi connectivity index (χ1) is 16.6. The molecule has 3 aromatic rings. The lowest BCUT2D eigenvalue weighted by Gasteiger charge is -2.13. The topological polar surface area (TPSA) is 98.8 Å². The third-order valence-electron chi connectivity index (χ3n) is 5.48. The zero-order valence-electron chi connectivity index (χ0n) is 19.1. The van der Waals surface area contributed by atoms with Gasteiger partial charge in [-0.3, -0.25) is 9.59 Å². The van der Waals surface area contributed by atoms with E-state index in [-0.39, 0.29) is 24.3 Å². The molecule has 1 aliphatic heterocycles. The minimum absolute atomic E-state index is 0.0511. The number of benzene rings is 2. The first-order valence-corrected chi connectivity index (χ1v) is 11.9. The summed E-state index contributed by atoms with van der Waals surface area (Å²) in [4.78, 5) is 30.0. The molecule has 2 heterocycles. The number of thiazole rings is 1. The van der Waals surface area contributed by atoms with Crippen LogP contribution in [0.4, 0.5) is 5.69 Å². The number of anilines is 1. The molecule has 2 aromatic carbocycles. The van der Waals surface area contributed by atoms with Crippen molar-refractivity contribution in [2.75, 3.05) is 32.7 Å². The van der Waals surface area contributed by atoms with Crippen LogP contribution in [0.3, 0.4) is 0 Å². The summed E-state index contributed by atoms with van der Waals surface area (Å²) in [6.45, 7) is 1.19. The van der Waals surface area contributed by atoms with Crippen LogP contribution >= 0.6 is 11.3 Å². The van der Waals surface area contributed by atoms with Gasteiger partial charge in [0.25, 0.3) is 5.91 Å². The second-order valence-electron chi connectivity index (χ2n) is 7.83. The molecule has 1 aliphatic rings. The smallest absolute Gasteiger partial charge is 0.253 e. The second kappa shape index (κ2) is 11.1. The number of hydrogen-bond donors (Lipinski definition) is 2. The third-order valence-corrected chi connectivity index (χ3v) is 6.42. The van der Waals surface area contributed by atoms with Crippen LogP contribution in [0.25, 0.3) is 10.6 Å². The van der Waals surface area contributed by atoms with Crippen LogP contribution in [0.2, 0.25) is 0 Å². The van der Waals surface area contributed by atoms with Crippen molar-refractivity contribution in [2.24, 2.45) is 0 Å². The number of carbonyl (C=O) groups is 2. The van der Waals surface area contributed by atoms with Crippen LogP contribution in [-0.2, 0) is 16.0 Å². The van der Waals surface area contributed by atoms with E-state index < -0.39 is 0 Å². The van der Waals surface area contributed by atoms with Gasteiger partial charge in [-0.25, -0.2) is 4.98 Å². The van der Waals surface area contributed by atoms with E-state index in [0.717, 1.165) is 30.0 Å². The molecule has 1 aromatic heterocycles. The Morgan fingerprint density at radius 1 is 1.15 bits per heavy atom. The highest BCUT2D eigenvalue weighted by Gasteiger charge is 2.19. The first kappa shape index (κ1) is 23.7. The predicted molar refractivity (Wildman–Crippen MR) is 131 cm³/mol. The van der Waals surface area contributed by atoms with E-state index in [9.17, 15) is 9.59 Å². The predicted octanol–water partition coefficient (Wildman–Crippen LogP) is 3.92. The third kappa shape index (κ3) is 5.73. The molecule has 0 aliphatic carbocycles. The summed E-state index contributed by atoms with van der Waals surface area (Å²) in [5.41, 5.74) is 2.40. The van der Waals surface area contributed by atoms with Crippen LogP contribution in [-0.4, -0.2) is 50.3 Å². The summed E-state index contributed by atoms with van der Waals surface area (Å²) in [7, 11) is 3.17. The van der Waals surface area contributed by atoms with E-state index in [1.165, 1.54) is 11.3 Å². The van der Waals surface area contributed by atoms with Gasteiger partial charge >= 0.3 is 0 Å². The molecule has 34 heavy (non-hydrogen) atoms. The molecule has 1 fully saturated rings. The number of rotatable bonds is 9. The van der Waals surface area contributed by atoms with Gasteiger partial charge in [0.15, 0.2) is 11.5 Å². The van der Waals surface area contributed by atoms with E-state index in [4.69, 9.17) is 14.2 Å². The van der Waals surface area contributed by atoms with Crippen molar-refractivity contribution in [1.29, 1.82) is 0 Å². The van der Waals surface area contributed by atoms with Crippen LogP contribution < -0.4 is 20.1 Å². The molecule has 1 saturated heterocycles. The Labute approximate surface area is 202 Å². The maximum atomic E-state index is 12.7. The number of methoxy groups -OCH3 is 2. The normalized spacial score (nSPS) is 15.1. The van der Waals surface area contributed by atoms with Gasteiger partial charge in [-0.05, 0) is 43.2 Å². The van der Waals surface area contributed by atoms with Crippen molar-refractivity contribution in [3.05, 3.63) is 59.1 Å². The van der Waals surface area contributed by atoms with Crippen molar-refractivity contribution in [1.82, 2.24) is 10.3 Å². The zero-order chi connectivity index (χ0) is 23.9. The summed E-state index contributed by atoms with van der Waals surface area (Å²) < 4.78 is 16.2. The summed E-state index contributed by atoms with van der Waals surface area (Å²) in [6.07, 6.45) is 2.10. The number of carbonyl (C=O) groups excluding carboxylic acids is 2. The van der Waals surface area contributed by atoms with Gasteiger partial charge in [0.1, 0.15) is 5.01 Å². The summed E-state index contributed by atoms with van der Waals surface area (Å²) >= 11 is 1.45. The highest BCUT2D eigenvalue weighted by molar-refractivity contribution is 7.13. The summed E-state index contributed by atoms with van der Waals surface area (Å²) in [5, 5.41) is 8.37. The highest BCUT2D eigenvalue weighted by atomic mass is 32.1. The summed E-state index contributed by atoms with van der Waals surface area (Å²) in [5.74, 6) is 0.768. The standard InChI is InChI=1S/C25H27N3O5S/c1-31-21-10-9-16(12-22(21)32-2)25-27-17(15-34-25)13-23(29)28-20-8-4-3-7-19(20)24(30)26-14-18-6-5-11-33-18/h3-4,7-10,12,15,18H,5-6,11,13-14H2,1-2H3,(H,26,30)(H,28,29). The molecule has 4 rings (SSSR count). The fraction of sp³-hybridized carbons (Fsp3) is 0.320. The van der Waals surface area contributed by atoms with E-state index in [1.54, 1.807) is 38.5 Å². The highest BCUT2D eigenvalue weighted by Crippen LogP contribution is 2.33. The van der Waals surface area contributed by atoms with Crippen molar-refractivity contribution in [3.63, 3.8) is 0 Å². The van der Waals surface area contributed by atoms with E-state index in [1.807, 2.05) is 23.6 Å². The zero-order valence-corrected chi connectivity index (χ0v) is 19.9. The number of hydrogen-bond acceptors (Lipinski definition) is 7. The first-order valence-electron chi connectivity index (χ1n) is 11.0. The molecule has 178 valence electrons. The van der Waals surface area contributed by atoms with Gasteiger partial charge in [-0.2, -0.15) is 0 Å². The quantitative estimate of drug-likeness (QED) is 0.481. The average Bonchev–Trinajstić information content (AvgIpc) is 3.55. The maximum Gasteiger partial charge on any atom is 0.253 e. The number of para-hydroxylation sites is 1. The molecular formula is C25H27N3O5S. The monoisotopic (exact) mass is 481 g/mol. The summed E-state index contributed by atoms with van der Waals surface area (Å²) in [6, 6.07) is 12.5. The molecule has 9 heteroatoms. The maximum absolute atomic E-state index is 12.7. The van der Waals surface area contributed by atoms with Crippen molar-refractivity contribution in [3.8, 4) is 22.1 Å². The molecule has 0 spiro atoms. The largest absolute Gasteiger partial charge is 0.493 e. The molecular weight excluding hydrogens is 454 g/mol. The lowest BCUT2D eigenvalue weighted by atomic mass is 10.1. The van der Waals surface area contributed by atoms with Crippen LogP contribution in [0.1, 0.15) is 28.9 Å². The van der Waals surface area contributed by atoms with E-state index in [0.29, 0.717) is 35.0 Å². The van der Waals surface area contributed by atoms with Gasteiger partial charge < -0.3 is 24.8 Å². The second-order valence-corrected chi connectivity index (χ2v) is 8.69. The Morgan fingerprint density at radius 2 is 1.97 bits per heavy atom. The van der Waals surface area contributed by atoms with Crippen molar-refractivity contribution >= 4 is 28.8 Å². The number of amides is 2. The molecule has 0 saturated carbocycles. The lowest BCUT2D eigenvalue weighted by molar-refractivity contribution is -0.115. The van der Waals surface area contributed by atoms with Gasteiger partial charge in [-0.1, -0.05) is 12.1 Å². The fourth-order valence-corrected chi connectivity index (χ4v) is 4.56. The Morgan fingerprint density at radius 3 is 2.74 bits per heavy atom. The molecule has 8 nitrogen and oxygen atoms in total. The van der Waals surface area contributed by atoms with Gasteiger partial charge in [-0.15, -0.1) is 11.3 Å². The number of nitrogens with zero attached hydrogens (tertiary/aromatic N) is 1. The molecule has 0 radical (unpaired) electrons. The molecule has 1 unspecified atom stereocenters.